The lowest BCUT2D eigenvalue weighted by Gasteiger charge is -2.14. The van der Waals surface area contributed by atoms with E-state index in [9.17, 15) is 14.4 Å². The number of rotatable bonds is 14. The molecule has 3 nitrogen and oxygen atoms in total. The van der Waals surface area contributed by atoms with Gasteiger partial charge < -0.3 is 0 Å². The molecular formula is C35H42O3S2Si2. The second-order valence-electron chi connectivity index (χ2n) is 13.9. The number of carbonyl (C=O) groups excluding carboxylic acids is 3. The maximum Gasteiger partial charge on any atom is 0.212 e. The zero-order chi connectivity index (χ0) is 30.5. The van der Waals surface area contributed by atoms with Gasteiger partial charge in [-0.3, -0.25) is 14.4 Å². The molecule has 4 rings (SSSR count). The van der Waals surface area contributed by atoms with Crippen LogP contribution in [0.3, 0.4) is 0 Å². The third-order valence-electron chi connectivity index (χ3n) is 6.81. The third-order valence-corrected chi connectivity index (χ3v) is 11.7. The average molecular weight is 631 g/mol. The molecule has 0 aliphatic heterocycles. The highest BCUT2D eigenvalue weighted by atomic mass is 32.1. The SMILES string of the molecule is C[Si](C)(C)CC(=O)Cc1cccc(Cc2csc(C(=O)c3cc(Cc4cccc(CC(=O)C[Si](C)(C)C)c4)cs3)c2)c1. The summed E-state index contributed by atoms with van der Waals surface area (Å²) in [6.45, 7) is 13.4. The number of ketones is 3. The van der Waals surface area contributed by atoms with E-state index in [1.807, 2.05) is 36.4 Å². The molecule has 0 aliphatic rings. The van der Waals surface area contributed by atoms with E-state index in [-0.39, 0.29) is 5.78 Å². The fraction of sp³-hybridized carbons (Fsp3) is 0.343. The smallest absolute Gasteiger partial charge is 0.212 e. The van der Waals surface area contributed by atoms with Crippen LogP contribution >= 0.6 is 22.7 Å². The van der Waals surface area contributed by atoms with E-state index in [4.69, 9.17) is 0 Å². The standard InChI is InChI=1S/C35H42O3S2Si2/c1-41(2,3)23-31(36)17-27-11-7-9-25(13-27)15-29-19-33(39-21-29)35(38)34-20-30(22-40-34)16-26-10-8-12-28(14-26)18-32(37)24-42(4,5)6/h7-14,19-22H,15-18,23-24H2,1-6H3. The normalized spacial score (nSPS) is 12.0. The Balaban J connectivity index is 1.36. The van der Waals surface area contributed by atoms with Crippen molar-refractivity contribution < 1.29 is 14.4 Å². The van der Waals surface area contributed by atoms with E-state index < -0.39 is 16.1 Å². The highest BCUT2D eigenvalue weighted by Gasteiger charge is 2.20. The molecule has 0 bridgehead atoms. The lowest BCUT2D eigenvalue weighted by molar-refractivity contribution is -0.117. The van der Waals surface area contributed by atoms with Crippen molar-refractivity contribution in [1.29, 1.82) is 0 Å². The predicted molar refractivity (Wildman–Crippen MR) is 184 cm³/mol. The molecule has 0 fully saturated rings. The highest BCUT2D eigenvalue weighted by Crippen LogP contribution is 2.26. The maximum atomic E-state index is 13.3. The van der Waals surface area contributed by atoms with Crippen molar-refractivity contribution in [3.05, 3.63) is 115 Å². The van der Waals surface area contributed by atoms with Crippen molar-refractivity contribution in [2.45, 2.75) is 77.1 Å². The van der Waals surface area contributed by atoms with E-state index in [2.05, 4.69) is 74.3 Å². The Morgan fingerprint density at radius 3 is 1.31 bits per heavy atom. The summed E-state index contributed by atoms with van der Waals surface area (Å²) in [5.74, 6) is 0.717. The van der Waals surface area contributed by atoms with Crippen LogP contribution in [-0.2, 0) is 35.3 Å². The van der Waals surface area contributed by atoms with Gasteiger partial charge in [0.1, 0.15) is 11.6 Å². The van der Waals surface area contributed by atoms with Gasteiger partial charge in [0.2, 0.25) is 5.78 Å². The van der Waals surface area contributed by atoms with Gasteiger partial charge in [-0.1, -0.05) is 87.8 Å². The summed E-state index contributed by atoms with van der Waals surface area (Å²) < 4.78 is 0. The summed E-state index contributed by atoms with van der Waals surface area (Å²) in [5.41, 5.74) is 6.69. The fourth-order valence-electron chi connectivity index (χ4n) is 5.23. The molecule has 0 saturated carbocycles. The number of carbonyl (C=O) groups is 3. The van der Waals surface area contributed by atoms with Crippen molar-refractivity contribution in [2.75, 3.05) is 0 Å². The Hall–Kier alpha value is -2.72. The summed E-state index contributed by atoms with van der Waals surface area (Å²) in [6.07, 6.45) is 2.47. The van der Waals surface area contributed by atoms with Gasteiger partial charge in [0.25, 0.3) is 0 Å². The van der Waals surface area contributed by atoms with Gasteiger partial charge in [-0.25, -0.2) is 0 Å². The van der Waals surface area contributed by atoms with E-state index in [0.29, 0.717) is 36.5 Å². The first-order chi connectivity index (χ1) is 19.7. The molecule has 220 valence electrons. The largest absolute Gasteiger partial charge is 0.300 e. The maximum absolute atomic E-state index is 13.3. The molecule has 2 aromatic carbocycles. The van der Waals surface area contributed by atoms with Crippen LogP contribution in [0.15, 0.2) is 71.4 Å². The van der Waals surface area contributed by atoms with E-state index in [1.54, 1.807) is 0 Å². The number of hydrogen-bond donors (Lipinski definition) is 0. The molecule has 0 saturated heterocycles. The lowest BCUT2D eigenvalue weighted by atomic mass is 10.0. The van der Waals surface area contributed by atoms with Crippen LogP contribution in [0.25, 0.3) is 0 Å². The average Bonchev–Trinajstić information content (AvgIpc) is 3.51. The first-order valence-corrected chi connectivity index (χ1v) is 23.8. The Morgan fingerprint density at radius 1 is 0.548 bits per heavy atom. The van der Waals surface area contributed by atoms with Crippen molar-refractivity contribution in [2.24, 2.45) is 0 Å². The Labute approximate surface area is 261 Å². The fourth-order valence-corrected chi connectivity index (χ4v) is 9.64. The first-order valence-electron chi connectivity index (χ1n) is 14.6. The molecular weight excluding hydrogens is 589 g/mol. The molecule has 4 aromatic rings. The van der Waals surface area contributed by atoms with Crippen LogP contribution in [0.4, 0.5) is 0 Å². The van der Waals surface area contributed by atoms with Crippen LogP contribution in [0.5, 0.6) is 0 Å². The van der Waals surface area contributed by atoms with E-state index in [1.165, 1.54) is 22.7 Å². The van der Waals surface area contributed by atoms with Crippen LogP contribution < -0.4 is 0 Å². The Morgan fingerprint density at radius 2 is 0.929 bits per heavy atom. The summed E-state index contributed by atoms with van der Waals surface area (Å²) >= 11 is 2.99. The minimum absolute atomic E-state index is 0.0684. The minimum Gasteiger partial charge on any atom is -0.300 e. The van der Waals surface area contributed by atoms with Crippen LogP contribution in [0.2, 0.25) is 51.4 Å². The van der Waals surface area contributed by atoms with Crippen LogP contribution in [0, 0.1) is 0 Å². The molecule has 0 atom stereocenters. The number of hydrogen-bond acceptors (Lipinski definition) is 5. The number of Topliss-reactive ketones (excluding diaryl/α,β-unsaturated/α-hetero) is 2. The molecule has 0 spiro atoms. The zero-order valence-electron chi connectivity index (χ0n) is 25.7. The Bertz CT molecular complexity index is 1450. The molecule has 0 aliphatic carbocycles. The highest BCUT2D eigenvalue weighted by molar-refractivity contribution is 7.15. The van der Waals surface area contributed by atoms with Gasteiger partial charge in [0.05, 0.1) is 25.9 Å². The van der Waals surface area contributed by atoms with Crippen molar-refractivity contribution in [3.8, 4) is 0 Å². The van der Waals surface area contributed by atoms with Crippen molar-refractivity contribution in [3.63, 3.8) is 0 Å². The van der Waals surface area contributed by atoms with Crippen LogP contribution in [0.1, 0.15) is 47.9 Å². The summed E-state index contributed by atoms with van der Waals surface area (Å²) in [6, 6.07) is 22.0. The number of benzene rings is 2. The minimum atomic E-state index is -1.41. The summed E-state index contributed by atoms with van der Waals surface area (Å²) in [4.78, 5) is 39.8. The van der Waals surface area contributed by atoms with Gasteiger partial charge in [0.15, 0.2) is 0 Å². The van der Waals surface area contributed by atoms with Crippen LogP contribution in [-0.4, -0.2) is 33.5 Å². The topological polar surface area (TPSA) is 51.2 Å². The molecule has 42 heavy (non-hydrogen) atoms. The molecule has 7 heteroatoms. The monoisotopic (exact) mass is 630 g/mol. The lowest BCUT2D eigenvalue weighted by Crippen LogP contribution is -2.24. The molecule has 0 N–H and O–H groups in total. The Kier molecular flexibility index (Phi) is 10.5. The molecule has 2 heterocycles. The van der Waals surface area contributed by atoms with E-state index in [0.717, 1.165) is 56.0 Å². The first kappa shape index (κ1) is 32.2. The molecule has 0 amide bonds. The molecule has 0 unspecified atom stereocenters. The third kappa shape index (κ3) is 10.2. The van der Waals surface area contributed by atoms with Gasteiger partial charge >= 0.3 is 0 Å². The second kappa shape index (κ2) is 13.7. The summed E-state index contributed by atoms with van der Waals surface area (Å²) in [5, 5.41) is 4.14. The molecule has 0 radical (unpaired) electrons. The summed E-state index contributed by atoms with van der Waals surface area (Å²) in [7, 11) is -2.81. The quantitative estimate of drug-likeness (QED) is 0.103. The van der Waals surface area contributed by atoms with Gasteiger partial charge in [-0.15, -0.1) is 22.7 Å². The van der Waals surface area contributed by atoms with Gasteiger partial charge in [0, 0.05) is 24.9 Å². The van der Waals surface area contributed by atoms with Gasteiger partial charge in [-0.05, 0) is 69.1 Å². The van der Waals surface area contributed by atoms with E-state index >= 15 is 0 Å². The number of thiophene rings is 2. The van der Waals surface area contributed by atoms with Crippen molar-refractivity contribution >= 4 is 56.2 Å². The molecule has 2 aromatic heterocycles. The predicted octanol–water partition coefficient (Wildman–Crippen LogP) is 9.12. The second-order valence-corrected chi connectivity index (χ2v) is 26.6. The zero-order valence-corrected chi connectivity index (χ0v) is 29.3. The van der Waals surface area contributed by atoms with Gasteiger partial charge in [-0.2, -0.15) is 0 Å². The van der Waals surface area contributed by atoms with Crippen molar-refractivity contribution in [1.82, 2.24) is 0 Å².